The van der Waals surface area contributed by atoms with Gasteiger partial charge in [-0.1, -0.05) is 16.8 Å². The third-order valence-corrected chi connectivity index (χ3v) is 4.80. The molecule has 0 saturated carbocycles. The van der Waals surface area contributed by atoms with Crippen LogP contribution < -0.4 is 0 Å². The maximum atomic E-state index is 12.7. The molecule has 6 nitrogen and oxygen atoms in total. The van der Waals surface area contributed by atoms with Crippen LogP contribution in [0.1, 0.15) is 40.8 Å². The second-order valence-electron chi connectivity index (χ2n) is 6.46. The number of hydrogen-bond acceptors (Lipinski definition) is 5. The van der Waals surface area contributed by atoms with Gasteiger partial charge in [-0.25, -0.2) is 0 Å². The van der Waals surface area contributed by atoms with E-state index in [1.807, 2.05) is 24.0 Å². The molecule has 3 aromatic rings. The van der Waals surface area contributed by atoms with Gasteiger partial charge in [0.1, 0.15) is 5.76 Å². The number of aryl methyl sites for hydroxylation is 1. The van der Waals surface area contributed by atoms with Gasteiger partial charge in [0.15, 0.2) is 5.76 Å². The Kier molecular flexibility index (Phi) is 4.51. The summed E-state index contributed by atoms with van der Waals surface area (Å²) in [4.78, 5) is 19.0. The molecule has 1 aromatic carbocycles. The van der Waals surface area contributed by atoms with E-state index in [2.05, 4.69) is 10.1 Å². The molecule has 0 aliphatic carbocycles. The molecule has 2 aromatic heterocycles. The minimum Gasteiger partial charge on any atom is -0.458 e. The first-order chi connectivity index (χ1) is 12.6. The Morgan fingerprint density at radius 2 is 2.04 bits per heavy atom. The number of amides is 1. The standard InChI is InChI=1S/C19H18ClN3O3/c1-12-4-9-16(25-12)17-21-18(26-22-17)14-3-2-10-23(11-14)19(24)13-5-7-15(20)8-6-13/h4-9,14H,2-3,10-11H2,1H3/t14-/m1/s1. The minimum atomic E-state index is -0.00670. The number of piperidine rings is 1. The number of furan rings is 1. The molecule has 1 atom stereocenters. The summed E-state index contributed by atoms with van der Waals surface area (Å²) in [6, 6.07) is 10.6. The van der Waals surface area contributed by atoms with Crippen molar-refractivity contribution in [3.8, 4) is 11.6 Å². The van der Waals surface area contributed by atoms with Gasteiger partial charge in [0.05, 0.1) is 5.92 Å². The highest BCUT2D eigenvalue weighted by atomic mass is 35.5. The molecule has 1 saturated heterocycles. The predicted octanol–water partition coefficient (Wildman–Crippen LogP) is 4.31. The van der Waals surface area contributed by atoms with E-state index in [4.69, 9.17) is 20.5 Å². The fourth-order valence-electron chi connectivity index (χ4n) is 3.19. The lowest BCUT2D eigenvalue weighted by atomic mass is 9.97. The van der Waals surface area contributed by atoms with Crippen molar-refractivity contribution in [3.63, 3.8) is 0 Å². The first-order valence-corrected chi connectivity index (χ1v) is 8.93. The third-order valence-electron chi connectivity index (χ3n) is 4.55. The molecule has 7 heteroatoms. The van der Waals surface area contributed by atoms with Crippen molar-refractivity contribution in [1.29, 1.82) is 0 Å². The van der Waals surface area contributed by atoms with E-state index in [1.54, 1.807) is 24.3 Å². The average molecular weight is 372 g/mol. The second-order valence-corrected chi connectivity index (χ2v) is 6.90. The summed E-state index contributed by atoms with van der Waals surface area (Å²) in [5, 5.41) is 4.63. The topological polar surface area (TPSA) is 72.4 Å². The summed E-state index contributed by atoms with van der Waals surface area (Å²) in [7, 11) is 0. The maximum absolute atomic E-state index is 12.7. The van der Waals surface area contributed by atoms with Crippen LogP contribution in [0.2, 0.25) is 5.02 Å². The lowest BCUT2D eigenvalue weighted by molar-refractivity contribution is 0.0695. The Morgan fingerprint density at radius 3 is 2.77 bits per heavy atom. The Hall–Kier alpha value is -2.60. The first-order valence-electron chi connectivity index (χ1n) is 8.55. The third kappa shape index (κ3) is 3.37. The summed E-state index contributed by atoms with van der Waals surface area (Å²) in [5.41, 5.74) is 0.632. The molecule has 0 N–H and O–H groups in total. The van der Waals surface area contributed by atoms with E-state index in [9.17, 15) is 4.79 Å². The number of carbonyl (C=O) groups is 1. The molecule has 1 fully saturated rings. The molecule has 1 aliphatic rings. The van der Waals surface area contributed by atoms with Crippen LogP contribution in [-0.4, -0.2) is 34.0 Å². The summed E-state index contributed by atoms with van der Waals surface area (Å²) in [6.45, 7) is 3.14. The van der Waals surface area contributed by atoms with Crippen molar-refractivity contribution in [1.82, 2.24) is 15.0 Å². The van der Waals surface area contributed by atoms with Crippen LogP contribution in [-0.2, 0) is 0 Å². The van der Waals surface area contributed by atoms with Crippen LogP contribution in [0, 0.1) is 6.92 Å². The van der Waals surface area contributed by atoms with Gasteiger partial charge in [0, 0.05) is 23.7 Å². The zero-order chi connectivity index (χ0) is 18.1. The summed E-state index contributed by atoms with van der Waals surface area (Å²) < 4.78 is 11.0. The van der Waals surface area contributed by atoms with Crippen molar-refractivity contribution < 1.29 is 13.7 Å². The molecule has 1 amide bonds. The number of benzene rings is 1. The zero-order valence-corrected chi connectivity index (χ0v) is 15.1. The van der Waals surface area contributed by atoms with Gasteiger partial charge in [0.2, 0.25) is 11.7 Å². The van der Waals surface area contributed by atoms with Crippen LogP contribution in [0.4, 0.5) is 0 Å². The van der Waals surface area contributed by atoms with Crippen LogP contribution in [0.3, 0.4) is 0 Å². The molecule has 134 valence electrons. The predicted molar refractivity (Wildman–Crippen MR) is 96.1 cm³/mol. The fraction of sp³-hybridized carbons (Fsp3) is 0.316. The van der Waals surface area contributed by atoms with Gasteiger partial charge in [-0.2, -0.15) is 4.98 Å². The summed E-state index contributed by atoms with van der Waals surface area (Å²) >= 11 is 5.90. The molecule has 0 radical (unpaired) electrons. The van der Waals surface area contributed by atoms with Crippen LogP contribution in [0.5, 0.6) is 0 Å². The summed E-state index contributed by atoms with van der Waals surface area (Å²) in [5.74, 6) is 2.38. The average Bonchev–Trinajstić information content (AvgIpc) is 3.31. The van der Waals surface area contributed by atoms with E-state index >= 15 is 0 Å². The van der Waals surface area contributed by atoms with E-state index in [1.165, 1.54) is 0 Å². The van der Waals surface area contributed by atoms with Crippen LogP contribution in [0.25, 0.3) is 11.6 Å². The zero-order valence-electron chi connectivity index (χ0n) is 14.3. The number of likely N-dealkylation sites (tertiary alicyclic amines) is 1. The maximum Gasteiger partial charge on any atom is 0.253 e. The molecule has 4 rings (SSSR count). The Labute approximate surface area is 155 Å². The Morgan fingerprint density at radius 1 is 1.23 bits per heavy atom. The van der Waals surface area contributed by atoms with E-state index in [-0.39, 0.29) is 11.8 Å². The van der Waals surface area contributed by atoms with Gasteiger partial charge in [0.25, 0.3) is 5.91 Å². The van der Waals surface area contributed by atoms with Crippen LogP contribution in [0.15, 0.2) is 45.3 Å². The quantitative estimate of drug-likeness (QED) is 0.685. The number of carbonyl (C=O) groups excluding carboxylic acids is 1. The highest BCUT2D eigenvalue weighted by molar-refractivity contribution is 6.30. The van der Waals surface area contributed by atoms with Crippen molar-refractivity contribution in [3.05, 3.63) is 58.6 Å². The molecule has 1 aliphatic heterocycles. The number of aromatic nitrogens is 2. The number of nitrogens with zero attached hydrogens (tertiary/aromatic N) is 3. The van der Waals surface area contributed by atoms with E-state index in [0.29, 0.717) is 34.6 Å². The van der Waals surface area contributed by atoms with Gasteiger partial charge in [-0.3, -0.25) is 4.79 Å². The molecular formula is C19H18ClN3O3. The van der Waals surface area contributed by atoms with Crippen molar-refractivity contribution >= 4 is 17.5 Å². The van der Waals surface area contributed by atoms with Gasteiger partial charge in [-0.15, -0.1) is 0 Å². The SMILES string of the molecule is Cc1ccc(-c2noc([C@@H]3CCCN(C(=O)c4ccc(Cl)cc4)C3)n2)o1. The largest absolute Gasteiger partial charge is 0.458 e. The number of halogens is 1. The highest BCUT2D eigenvalue weighted by Gasteiger charge is 2.29. The molecule has 0 bridgehead atoms. The number of rotatable bonds is 3. The second kappa shape index (κ2) is 6.96. The van der Waals surface area contributed by atoms with Crippen molar-refractivity contribution in [2.45, 2.75) is 25.7 Å². The minimum absolute atomic E-state index is 0.00670. The first kappa shape index (κ1) is 16.8. The Balaban J connectivity index is 1.49. The normalized spacial score (nSPS) is 17.5. The Bertz CT molecular complexity index is 916. The fourth-order valence-corrected chi connectivity index (χ4v) is 3.32. The lowest BCUT2D eigenvalue weighted by Crippen LogP contribution is -2.39. The van der Waals surface area contributed by atoms with Gasteiger partial charge >= 0.3 is 0 Å². The van der Waals surface area contributed by atoms with E-state index in [0.717, 1.165) is 25.1 Å². The molecule has 0 spiro atoms. The highest BCUT2D eigenvalue weighted by Crippen LogP contribution is 2.29. The van der Waals surface area contributed by atoms with Crippen molar-refractivity contribution in [2.24, 2.45) is 0 Å². The molecular weight excluding hydrogens is 354 g/mol. The monoisotopic (exact) mass is 371 g/mol. The smallest absolute Gasteiger partial charge is 0.253 e. The van der Waals surface area contributed by atoms with Crippen LogP contribution >= 0.6 is 11.6 Å². The number of hydrogen-bond donors (Lipinski definition) is 0. The van der Waals surface area contributed by atoms with Gasteiger partial charge in [-0.05, 0) is 56.2 Å². The van der Waals surface area contributed by atoms with Crippen molar-refractivity contribution in [2.75, 3.05) is 13.1 Å². The van der Waals surface area contributed by atoms with E-state index < -0.39 is 0 Å². The lowest BCUT2D eigenvalue weighted by Gasteiger charge is -2.31. The van der Waals surface area contributed by atoms with Gasteiger partial charge < -0.3 is 13.8 Å². The summed E-state index contributed by atoms with van der Waals surface area (Å²) in [6.07, 6.45) is 1.80. The molecule has 0 unspecified atom stereocenters. The molecule has 26 heavy (non-hydrogen) atoms. The molecule has 3 heterocycles.